The molecule has 0 aliphatic carbocycles. The van der Waals surface area contributed by atoms with Crippen molar-refractivity contribution in [3.8, 4) is 5.75 Å². The topological polar surface area (TPSA) is 30.5 Å². The second-order valence-electron chi connectivity index (χ2n) is 5.31. The molecule has 3 nitrogen and oxygen atoms in total. The summed E-state index contributed by atoms with van der Waals surface area (Å²) < 4.78 is 11.4. The maximum absolute atomic E-state index is 5.91. The van der Waals surface area contributed by atoms with Crippen LogP contribution in [-0.2, 0) is 4.74 Å². The molecule has 2 unspecified atom stereocenters. The number of rotatable bonds is 7. The van der Waals surface area contributed by atoms with Gasteiger partial charge < -0.3 is 14.8 Å². The lowest BCUT2D eigenvalue weighted by Crippen LogP contribution is -2.41. The average Bonchev–Trinajstić information content (AvgIpc) is 2.95. The zero-order valence-corrected chi connectivity index (χ0v) is 12.0. The molecule has 0 aromatic heterocycles. The van der Waals surface area contributed by atoms with Crippen LogP contribution in [0, 0.1) is 12.8 Å². The lowest BCUT2D eigenvalue weighted by atomic mass is 9.99. The molecular formula is C16H25NO2. The highest BCUT2D eigenvalue weighted by atomic mass is 16.5. The molecule has 2 atom stereocenters. The third-order valence-electron chi connectivity index (χ3n) is 3.64. The first-order valence-corrected chi connectivity index (χ1v) is 7.30. The molecule has 0 spiro atoms. The highest BCUT2D eigenvalue weighted by molar-refractivity contribution is 5.26. The Morgan fingerprint density at radius 2 is 2.16 bits per heavy atom. The van der Waals surface area contributed by atoms with E-state index in [4.69, 9.17) is 9.47 Å². The molecule has 19 heavy (non-hydrogen) atoms. The van der Waals surface area contributed by atoms with E-state index >= 15 is 0 Å². The molecule has 1 aromatic carbocycles. The summed E-state index contributed by atoms with van der Waals surface area (Å²) in [7, 11) is 0. The van der Waals surface area contributed by atoms with E-state index in [9.17, 15) is 0 Å². The molecule has 1 saturated heterocycles. The summed E-state index contributed by atoms with van der Waals surface area (Å²) in [6, 6.07) is 8.64. The summed E-state index contributed by atoms with van der Waals surface area (Å²) >= 11 is 0. The van der Waals surface area contributed by atoms with Crippen LogP contribution in [0.1, 0.15) is 25.3 Å². The van der Waals surface area contributed by atoms with E-state index < -0.39 is 0 Å². The quantitative estimate of drug-likeness (QED) is 0.820. The van der Waals surface area contributed by atoms with E-state index in [2.05, 4.69) is 31.3 Å². The Labute approximate surface area is 116 Å². The standard InChI is InChI=1S/C16H25NO2/c1-3-9-17-16(14-8-10-18-11-14)12-19-15-6-4-13(2)5-7-15/h4-7,14,16-17H,3,8-12H2,1-2H3. The van der Waals surface area contributed by atoms with Gasteiger partial charge in [0.25, 0.3) is 0 Å². The summed E-state index contributed by atoms with van der Waals surface area (Å²) in [5.74, 6) is 1.53. The highest BCUT2D eigenvalue weighted by Crippen LogP contribution is 2.19. The Balaban J connectivity index is 1.86. The van der Waals surface area contributed by atoms with Crippen LogP contribution in [0.5, 0.6) is 5.75 Å². The maximum atomic E-state index is 5.91. The number of hydrogen-bond acceptors (Lipinski definition) is 3. The second kappa shape index (κ2) is 7.51. The third-order valence-corrected chi connectivity index (χ3v) is 3.64. The summed E-state index contributed by atoms with van der Waals surface area (Å²) in [4.78, 5) is 0. The van der Waals surface area contributed by atoms with Gasteiger partial charge in [0.1, 0.15) is 12.4 Å². The van der Waals surface area contributed by atoms with Crippen LogP contribution in [0.25, 0.3) is 0 Å². The van der Waals surface area contributed by atoms with Crippen LogP contribution >= 0.6 is 0 Å². The third kappa shape index (κ3) is 4.51. The predicted molar refractivity (Wildman–Crippen MR) is 77.7 cm³/mol. The Morgan fingerprint density at radius 1 is 1.37 bits per heavy atom. The van der Waals surface area contributed by atoms with Gasteiger partial charge in [-0.15, -0.1) is 0 Å². The van der Waals surface area contributed by atoms with E-state index in [1.165, 1.54) is 5.56 Å². The normalized spacial score (nSPS) is 20.4. The molecule has 0 saturated carbocycles. The van der Waals surface area contributed by atoms with Crippen LogP contribution in [-0.4, -0.2) is 32.4 Å². The lowest BCUT2D eigenvalue weighted by molar-refractivity contribution is 0.160. The van der Waals surface area contributed by atoms with Crippen molar-refractivity contribution in [2.24, 2.45) is 5.92 Å². The van der Waals surface area contributed by atoms with Crippen LogP contribution < -0.4 is 10.1 Å². The van der Waals surface area contributed by atoms with Gasteiger partial charge in [0.05, 0.1) is 6.61 Å². The van der Waals surface area contributed by atoms with E-state index in [0.29, 0.717) is 12.0 Å². The molecule has 3 heteroatoms. The summed E-state index contributed by atoms with van der Waals surface area (Å²) in [6.07, 6.45) is 2.28. The van der Waals surface area contributed by atoms with Gasteiger partial charge >= 0.3 is 0 Å². The monoisotopic (exact) mass is 263 g/mol. The van der Waals surface area contributed by atoms with Crippen molar-refractivity contribution in [3.05, 3.63) is 29.8 Å². The van der Waals surface area contributed by atoms with E-state index in [0.717, 1.165) is 45.0 Å². The van der Waals surface area contributed by atoms with Gasteiger partial charge in [0.15, 0.2) is 0 Å². The van der Waals surface area contributed by atoms with Gasteiger partial charge in [-0.2, -0.15) is 0 Å². The summed E-state index contributed by atoms with van der Waals surface area (Å²) in [6.45, 7) is 7.79. The van der Waals surface area contributed by atoms with Gasteiger partial charge in [-0.3, -0.25) is 0 Å². The van der Waals surface area contributed by atoms with Crippen LogP contribution in [0.2, 0.25) is 0 Å². The Kier molecular flexibility index (Phi) is 5.67. The minimum absolute atomic E-state index is 0.392. The Hall–Kier alpha value is -1.06. The molecule has 1 N–H and O–H groups in total. The molecule has 1 aliphatic heterocycles. The summed E-state index contributed by atoms with van der Waals surface area (Å²) in [5.41, 5.74) is 1.26. The van der Waals surface area contributed by atoms with Gasteiger partial charge in [0, 0.05) is 18.6 Å². The van der Waals surface area contributed by atoms with Gasteiger partial charge in [-0.05, 0) is 38.4 Å². The maximum Gasteiger partial charge on any atom is 0.119 e. The van der Waals surface area contributed by atoms with Gasteiger partial charge in [0.2, 0.25) is 0 Å². The molecule has 1 fully saturated rings. The predicted octanol–water partition coefficient (Wildman–Crippen LogP) is 2.78. The van der Waals surface area contributed by atoms with Crippen molar-refractivity contribution in [2.75, 3.05) is 26.4 Å². The first kappa shape index (κ1) is 14.4. The van der Waals surface area contributed by atoms with Crippen molar-refractivity contribution in [2.45, 2.75) is 32.7 Å². The fraction of sp³-hybridized carbons (Fsp3) is 0.625. The van der Waals surface area contributed by atoms with Crippen LogP contribution in [0.4, 0.5) is 0 Å². The zero-order valence-electron chi connectivity index (χ0n) is 12.0. The molecular weight excluding hydrogens is 238 g/mol. The SMILES string of the molecule is CCCNC(COc1ccc(C)cc1)C1CCOC1. The number of hydrogen-bond donors (Lipinski definition) is 1. The van der Waals surface area contributed by atoms with Crippen LogP contribution in [0.3, 0.4) is 0 Å². The number of nitrogens with one attached hydrogen (secondary N) is 1. The minimum atomic E-state index is 0.392. The smallest absolute Gasteiger partial charge is 0.119 e. The molecule has 1 heterocycles. The van der Waals surface area contributed by atoms with E-state index in [-0.39, 0.29) is 0 Å². The fourth-order valence-electron chi connectivity index (χ4n) is 2.38. The Morgan fingerprint density at radius 3 is 2.79 bits per heavy atom. The van der Waals surface area contributed by atoms with E-state index in [1.54, 1.807) is 0 Å². The van der Waals surface area contributed by atoms with Gasteiger partial charge in [-0.1, -0.05) is 24.6 Å². The Bertz CT molecular complexity index is 358. The van der Waals surface area contributed by atoms with Crippen molar-refractivity contribution in [3.63, 3.8) is 0 Å². The number of ether oxygens (including phenoxy) is 2. The van der Waals surface area contributed by atoms with Gasteiger partial charge in [-0.25, -0.2) is 0 Å². The number of aryl methyl sites for hydroxylation is 1. The largest absolute Gasteiger partial charge is 0.492 e. The molecule has 106 valence electrons. The summed E-state index contributed by atoms with van der Waals surface area (Å²) in [5, 5.41) is 3.59. The second-order valence-corrected chi connectivity index (χ2v) is 5.31. The zero-order chi connectivity index (χ0) is 13.5. The fourth-order valence-corrected chi connectivity index (χ4v) is 2.38. The van der Waals surface area contributed by atoms with Crippen molar-refractivity contribution in [1.82, 2.24) is 5.32 Å². The average molecular weight is 263 g/mol. The van der Waals surface area contributed by atoms with Crippen molar-refractivity contribution < 1.29 is 9.47 Å². The molecule has 1 aliphatic rings. The first-order valence-electron chi connectivity index (χ1n) is 7.30. The number of benzene rings is 1. The first-order chi connectivity index (χ1) is 9.29. The van der Waals surface area contributed by atoms with E-state index in [1.807, 2.05) is 12.1 Å². The molecule has 0 bridgehead atoms. The lowest BCUT2D eigenvalue weighted by Gasteiger charge is -2.24. The van der Waals surface area contributed by atoms with Crippen LogP contribution in [0.15, 0.2) is 24.3 Å². The minimum Gasteiger partial charge on any atom is -0.492 e. The molecule has 0 radical (unpaired) electrons. The molecule has 1 aromatic rings. The molecule has 0 amide bonds. The highest BCUT2D eigenvalue weighted by Gasteiger charge is 2.25. The van der Waals surface area contributed by atoms with Crippen molar-refractivity contribution >= 4 is 0 Å². The van der Waals surface area contributed by atoms with Crippen molar-refractivity contribution in [1.29, 1.82) is 0 Å². The molecule has 2 rings (SSSR count).